The van der Waals surface area contributed by atoms with Gasteiger partial charge in [0.1, 0.15) is 5.52 Å². The predicted molar refractivity (Wildman–Crippen MR) is 64.9 cm³/mol. The molecule has 0 spiro atoms. The number of hydrogen-bond donors (Lipinski definition) is 0. The Balaban J connectivity index is 2.23. The van der Waals surface area contributed by atoms with E-state index in [1.807, 2.05) is 30.3 Å². The molecule has 0 atom stereocenters. The summed E-state index contributed by atoms with van der Waals surface area (Å²) in [6.45, 7) is 0. The predicted octanol–water partition coefficient (Wildman–Crippen LogP) is 3.65. The Labute approximate surface area is 100 Å². The molecule has 0 unspecified atom stereocenters. The van der Waals surface area contributed by atoms with Gasteiger partial charge in [0.15, 0.2) is 5.58 Å². The zero-order valence-electron chi connectivity index (χ0n) is 8.22. The van der Waals surface area contributed by atoms with E-state index in [1.54, 1.807) is 12.4 Å². The highest BCUT2D eigenvalue weighted by Crippen LogP contribution is 2.29. The van der Waals surface area contributed by atoms with Crippen LogP contribution in [0.2, 0.25) is 0 Å². The van der Waals surface area contributed by atoms with Crippen LogP contribution in [0.3, 0.4) is 0 Å². The lowest BCUT2D eigenvalue weighted by Crippen LogP contribution is -1.78. The van der Waals surface area contributed by atoms with E-state index < -0.39 is 0 Å². The SMILES string of the molecule is Brc1ccccc1-c1nc2cnccc2o1. The summed E-state index contributed by atoms with van der Waals surface area (Å²) < 4.78 is 6.62. The molecule has 3 nitrogen and oxygen atoms in total. The van der Waals surface area contributed by atoms with Gasteiger partial charge in [0, 0.05) is 16.7 Å². The number of aromatic nitrogens is 2. The third kappa shape index (κ3) is 1.51. The van der Waals surface area contributed by atoms with Crippen LogP contribution >= 0.6 is 15.9 Å². The second kappa shape index (κ2) is 3.72. The molecule has 0 aliphatic heterocycles. The van der Waals surface area contributed by atoms with E-state index in [9.17, 15) is 0 Å². The maximum absolute atomic E-state index is 5.65. The van der Waals surface area contributed by atoms with Crippen LogP contribution in [0, 0.1) is 0 Å². The molecule has 4 heteroatoms. The Bertz CT molecular complexity index is 615. The van der Waals surface area contributed by atoms with Crippen molar-refractivity contribution in [2.24, 2.45) is 0 Å². The van der Waals surface area contributed by atoms with Crippen LogP contribution in [0.5, 0.6) is 0 Å². The average molecular weight is 275 g/mol. The minimum Gasteiger partial charge on any atom is -0.436 e. The molecule has 3 aromatic rings. The van der Waals surface area contributed by atoms with E-state index in [-0.39, 0.29) is 0 Å². The molecule has 0 aliphatic rings. The van der Waals surface area contributed by atoms with Crippen molar-refractivity contribution in [2.45, 2.75) is 0 Å². The molecular formula is C12H7BrN2O. The van der Waals surface area contributed by atoms with Crippen molar-refractivity contribution < 1.29 is 4.42 Å². The number of rotatable bonds is 1. The molecule has 0 saturated heterocycles. The van der Waals surface area contributed by atoms with Gasteiger partial charge in [-0.05, 0) is 28.1 Å². The van der Waals surface area contributed by atoms with E-state index in [4.69, 9.17) is 4.42 Å². The van der Waals surface area contributed by atoms with Gasteiger partial charge in [-0.1, -0.05) is 12.1 Å². The number of halogens is 1. The number of hydrogen-bond acceptors (Lipinski definition) is 3. The lowest BCUT2D eigenvalue weighted by molar-refractivity contribution is 0.619. The smallest absolute Gasteiger partial charge is 0.228 e. The standard InChI is InChI=1S/C12H7BrN2O/c13-9-4-2-1-3-8(9)12-15-10-7-14-6-5-11(10)16-12/h1-7H. The minimum absolute atomic E-state index is 0.607. The number of oxazole rings is 1. The summed E-state index contributed by atoms with van der Waals surface area (Å²) in [5.41, 5.74) is 2.47. The third-order valence-corrected chi connectivity index (χ3v) is 2.99. The van der Waals surface area contributed by atoms with Gasteiger partial charge in [0.2, 0.25) is 5.89 Å². The van der Waals surface area contributed by atoms with Gasteiger partial charge >= 0.3 is 0 Å². The molecule has 3 rings (SSSR count). The van der Waals surface area contributed by atoms with E-state index in [0.29, 0.717) is 5.89 Å². The molecule has 0 N–H and O–H groups in total. The first kappa shape index (κ1) is 9.54. The largest absolute Gasteiger partial charge is 0.436 e. The molecule has 2 aromatic heterocycles. The second-order valence-corrected chi connectivity index (χ2v) is 4.20. The Morgan fingerprint density at radius 2 is 2.00 bits per heavy atom. The van der Waals surface area contributed by atoms with Crippen LogP contribution in [0.15, 0.2) is 51.6 Å². The van der Waals surface area contributed by atoms with Gasteiger partial charge in [-0.3, -0.25) is 4.98 Å². The van der Waals surface area contributed by atoms with E-state index in [2.05, 4.69) is 25.9 Å². The van der Waals surface area contributed by atoms with Gasteiger partial charge in [0.25, 0.3) is 0 Å². The summed E-state index contributed by atoms with van der Waals surface area (Å²) in [5, 5.41) is 0. The first-order valence-corrected chi connectivity index (χ1v) is 5.59. The summed E-state index contributed by atoms with van der Waals surface area (Å²) in [6, 6.07) is 9.64. The molecule has 0 aliphatic carbocycles. The fourth-order valence-electron chi connectivity index (χ4n) is 1.53. The van der Waals surface area contributed by atoms with Crippen molar-refractivity contribution in [3.8, 4) is 11.5 Å². The molecule has 0 fully saturated rings. The number of nitrogens with zero attached hydrogens (tertiary/aromatic N) is 2. The quantitative estimate of drug-likeness (QED) is 0.680. The van der Waals surface area contributed by atoms with Gasteiger partial charge in [-0.15, -0.1) is 0 Å². The molecule has 1 aromatic carbocycles. The highest BCUT2D eigenvalue weighted by Gasteiger charge is 2.10. The van der Waals surface area contributed by atoms with Crippen molar-refractivity contribution in [3.63, 3.8) is 0 Å². The first-order valence-electron chi connectivity index (χ1n) is 4.80. The summed E-state index contributed by atoms with van der Waals surface area (Å²) >= 11 is 3.47. The summed E-state index contributed by atoms with van der Waals surface area (Å²) in [4.78, 5) is 8.39. The van der Waals surface area contributed by atoms with Gasteiger partial charge in [0.05, 0.1) is 11.8 Å². The van der Waals surface area contributed by atoms with Crippen molar-refractivity contribution in [1.82, 2.24) is 9.97 Å². The Morgan fingerprint density at radius 1 is 1.12 bits per heavy atom. The molecular weight excluding hydrogens is 268 g/mol. The zero-order valence-corrected chi connectivity index (χ0v) is 9.81. The monoisotopic (exact) mass is 274 g/mol. The van der Waals surface area contributed by atoms with Crippen LogP contribution in [0.1, 0.15) is 0 Å². The molecule has 0 bridgehead atoms. The Morgan fingerprint density at radius 3 is 2.81 bits per heavy atom. The summed E-state index contributed by atoms with van der Waals surface area (Å²) in [6.07, 6.45) is 3.39. The van der Waals surface area contributed by atoms with E-state index in [1.165, 1.54) is 0 Å². The fraction of sp³-hybridized carbons (Fsp3) is 0. The molecule has 2 heterocycles. The van der Waals surface area contributed by atoms with Crippen LogP contribution in [-0.2, 0) is 0 Å². The second-order valence-electron chi connectivity index (χ2n) is 3.34. The highest BCUT2D eigenvalue weighted by atomic mass is 79.9. The maximum atomic E-state index is 5.65. The van der Waals surface area contributed by atoms with Crippen molar-refractivity contribution in [3.05, 3.63) is 47.2 Å². The maximum Gasteiger partial charge on any atom is 0.228 e. The molecule has 0 amide bonds. The van der Waals surface area contributed by atoms with Crippen LogP contribution in [0.25, 0.3) is 22.6 Å². The first-order chi connectivity index (χ1) is 7.84. The van der Waals surface area contributed by atoms with Crippen LogP contribution in [0.4, 0.5) is 0 Å². The van der Waals surface area contributed by atoms with Crippen molar-refractivity contribution in [2.75, 3.05) is 0 Å². The minimum atomic E-state index is 0.607. The Kier molecular flexibility index (Phi) is 2.22. The van der Waals surface area contributed by atoms with Gasteiger partial charge < -0.3 is 4.42 Å². The number of pyridine rings is 1. The fourth-order valence-corrected chi connectivity index (χ4v) is 1.98. The van der Waals surface area contributed by atoms with E-state index >= 15 is 0 Å². The highest BCUT2D eigenvalue weighted by molar-refractivity contribution is 9.10. The van der Waals surface area contributed by atoms with Crippen molar-refractivity contribution >= 4 is 27.0 Å². The van der Waals surface area contributed by atoms with Gasteiger partial charge in [-0.2, -0.15) is 0 Å². The third-order valence-electron chi connectivity index (χ3n) is 2.29. The number of benzene rings is 1. The van der Waals surface area contributed by atoms with Gasteiger partial charge in [-0.25, -0.2) is 4.98 Å². The molecule has 0 radical (unpaired) electrons. The summed E-state index contributed by atoms with van der Waals surface area (Å²) in [7, 11) is 0. The molecule has 78 valence electrons. The summed E-state index contributed by atoms with van der Waals surface area (Å²) in [5.74, 6) is 0.607. The lowest BCUT2D eigenvalue weighted by Gasteiger charge is -1.97. The van der Waals surface area contributed by atoms with Crippen molar-refractivity contribution in [1.29, 1.82) is 0 Å². The lowest BCUT2D eigenvalue weighted by atomic mass is 10.2. The average Bonchev–Trinajstić information content (AvgIpc) is 2.73. The molecule has 0 saturated carbocycles. The van der Waals surface area contributed by atoms with Crippen LogP contribution < -0.4 is 0 Å². The number of fused-ring (bicyclic) bond motifs is 1. The van der Waals surface area contributed by atoms with E-state index in [0.717, 1.165) is 21.1 Å². The molecule has 16 heavy (non-hydrogen) atoms. The topological polar surface area (TPSA) is 38.9 Å². The van der Waals surface area contributed by atoms with Crippen LogP contribution in [-0.4, -0.2) is 9.97 Å². The normalized spacial score (nSPS) is 10.8. The zero-order chi connectivity index (χ0) is 11.0. The Hall–Kier alpha value is -1.68.